The van der Waals surface area contributed by atoms with Crippen molar-refractivity contribution in [2.24, 2.45) is 13.0 Å². The second-order valence-corrected chi connectivity index (χ2v) is 21.0. The van der Waals surface area contributed by atoms with Gasteiger partial charge < -0.3 is 20.5 Å². The number of carboxylic acids is 1. The molecule has 3 aromatic carbocycles. The highest BCUT2D eigenvalue weighted by Crippen LogP contribution is 2.63. The van der Waals surface area contributed by atoms with E-state index in [9.17, 15) is 33.9 Å². The van der Waals surface area contributed by atoms with Crippen molar-refractivity contribution in [1.82, 2.24) is 30.0 Å². The number of benzene rings is 3. The lowest BCUT2D eigenvalue weighted by atomic mass is 9.55. The van der Waals surface area contributed by atoms with Crippen LogP contribution in [-0.4, -0.2) is 98.2 Å². The molecule has 2 saturated carbocycles. The van der Waals surface area contributed by atoms with E-state index < -0.39 is 52.7 Å². The molecule has 5 fully saturated rings. The number of aryl methyl sites for hydroxylation is 2. The zero-order chi connectivity index (χ0) is 48.4. The largest absolute Gasteiger partial charge is 0.480 e. The van der Waals surface area contributed by atoms with Crippen LogP contribution in [0.4, 0.5) is 10.1 Å². The number of piperidine rings is 1. The van der Waals surface area contributed by atoms with E-state index in [0.29, 0.717) is 91.9 Å². The molecule has 1 unspecified atom stereocenters. The smallest absolute Gasteiger partial charge is 0.329 e. The minimum absolute atomic E-state index is 0.0797. The fraction of sp³-hybridized carbons (Fsp3) is 0.529. The Balaban J connectivity index is 0.764. The molecule has 0 bridgehead atoms. The predicted octanol–water partition coefficient (Wildman–Crippen LogP) is 6.26. The molecule has 2 aliphatic carbocycles. The van der Waals surface area contributed by atoms with Crippen molar-refractivity contribution >= 4 is 69.5 Å². The molecule has 1 aromatic heterocycles. The van der Waals surface area contributed by atoms with E-state index in [1.807, 2.05) is 29.2 Å². The van der Waals surface area contributed by atoms with Gasteiger partial charge in [0, 0.05) is 67.8 Å². The number of amides is 4. The Morgan fingerprint density at radius 1 is 0.942 bits per heavy atom. The average molecular weight is 987 g/mol. The van der Waals surface area contributed by atoms with Crippen molar-refractivity contribution in [1.29, 1.82) is 0 Å². The van der Waals surface area contributed by atoms with Gasteiger partial charge in [-0.25, -0.2) is 9.18 Å². The molecule has 366 valence electrons. The van der Waals surface area contributed by atoms with Gasteiger partial charge in [-0.05, 0) is 111 Å². The fourth-order valence-electron chi connectivity index (χ4n) is 13.1. The van der Waals surface area contributed by atoms with Crippen molar-refractivity contribution in [2.75, 3.05) is 25.0 Å². The lowest BCUT2D eigenvalue weighted by Crippen LogP contribution is -2.60. The summed E-state index contributed by atoms with van der Waals surface area (Å²) in [5, 5.41) is 23.1. The standard InChI is InChI=1S/C51H58Cl2FN7O8/c1-59-39-23-28(12-17-37(39)61(49(59)68)38-18-19-41(62)57-45(38)63)7-6-22-69-32-25-40(47(65)66)60(27-32)26-29-10-14-31(15-11-29)55-46(64)44-42(33-8-5-9-35(53)43(33)54)51(50(58-44)20-3-2-4-21-50)34-16-13-30(52)24-36(34)56-48(51)67/h5,8-9,12-13,16-17,23-24,29,31-32,38,40,42,44,58H,2-4,6-7,10-11,14-15,18-22,25-27H2,1H3,(H,55,64)(H,56,67)(H,65,66)(H,57,62,63)/t29?,31?,32-,38?,40+,42+,44-,51-/m1/s1. The number of nitrogens with one attached hydrogen (secondary N) is 4. The summed E-state index contributed by atoms with van der Waals surface area (Å²) in [7, 11) is 1.67. The van der Waals surface area contributed by atoms with Gasteiger partial charge in [-0.15, -0.1) is 0 Å². The van der Waals surface area contributed by atoms with Gasteiger partial charge >= 0.3 is 11.7 Å². The number of imide groups is 1. The third kappa shape index (κ3) is 8.37. The van der Waals surface area contributed by atoms with Crippen LogP contribution >= 0.6 is 23.2 Å². The molecule has 6 atom stereocenters. The SMILES string of the molecule is Cn1c(=O)n(C2CCC(=O)NC2=O)c2ccc(CCCO[C@@H]3C[C@@H](C(=O)O)N(CC4CCC(NC(=O)[C@@H]5NC6(CCCCC6)[C@@]6(C(=O)Nc7cc(Cl)ccc76)[C@H]5c5cccc(Cl)c5F)CC4)C3)cc21. The minimum atomic E-state index is -1.32. The molecular formula is C51H58Cl2FN7O8. The van der Waals surface area contributed by atoms with Crippen LogP contribution in [-0.2, 0) is 47.6 Å². The molecule has 15 nitrogen and oxygen atoms in total. The second kappa shape index (κ2) is 18.9. The molecule has 4 amide bonds. The van der Waals surface area contributed by atoms with Crippen molar-refractivity contribution < 1.29 is 38.2 Å². The van der Waals surface area contributed by atoms with E-state index in [4.69, 9.17) is 27.9 Å². The number of aliphatic carboxylic acids is 1. The number of imidazole rings is 1. The van der Waals surface area contributed by atoms with Crippen LogP contribution in [0.1, 0.15) is 112 Å². The molecule has 6 aliphatic rings. The molecule has 69 heavy (non-hydrogen) atoms. The summed E-state index contributed by atoms with van der Waals surface area (Å²) >= 11 is 12.9. The van der Waals surface area contributed by atoms with Crippen LogP contribution in [0.25, 0.3) is 11.0 Å². The van der Waals surface area contributed by atoms with Crippen molar-refractivity contribution in [2.45, 2.75) is 137 Å². The Kier molecular flexibility index (Phi) is 13.0. The number of ether oxygens (including phenoxy) is 1. The van der Waals surface area contributed by atoms with Crippen LogP contribution in [0.5, 0.6) is 0 Å². The monoisotopic (exact) mass is 985 g/mol. The number of rotatable bonds is 12. The highest BCUT2D eigenvalue weighted by atomic mass is 35.5. The molecule has 4 aromatic rings. The zero-order valence-corrected chi connectivity index (χ0v) is 40.1. The predicted molar refractivity (Wildman–Crippen MR) is 257 cm³/mol. The van der Waals surface area contributed by atoms with Crippen LogP contribution < -0.4 is 27.0 Å². The topological polar surface area (TPSA) is 193 Å². The Morgan fingerprint density at radius 2 is 1.72 bits per heavy atom. The molecule has 2 spiro atoms. The first kappa shape index (κ1) is 47.5. The number of likely N-dealkylation sites (tertiary alicyclic amines) is 1. The van der Waals surface area contributed by atoms with Crippen LogP contribution in [0.2, 0.25) is 10.0 Å². The van der Waals surface area contributed by atoms with Gasteiger partial charge in [-0.3, -0.25) is 48.6 Å². The summed E-state index contributed by atoms with van der Waals surface area (Å²) in [4.78, 5) is 81.6. The number of hydrogen-bond donors (Lipinski definition) is 5. The first-order valence-electron chi connectivity index (χ1n) is 24.4. The first-order valence-corrected chi connectivity index (χ1v) is 25.2. The van der Waals surface area contributed by atoms with Gasteiger partial charge in [0.2, 0.25) is 23.6 Å². The van der Waals surface area contributed by atoms with E-state index in [1.54, 1.807) is 31.3 Å². The molecule has 4 aliphatic heterocycles. The minimum Gasteiger partial charge on any atom is -0.480 e. The number of fused-ring (bicyclic) bond motifs is 4. The number of hydrogen-bond acceptors (Lipinski definition) is 9. The number of carbonyl (C=O) groups is 5. The van der Waals surface area contributed by atoms with Crippen molar-refractivity contribution in [3.8, 4) is 0 Å². The first-order chi connectivity index (χ1) is 33.2. The number of nitrogens with zero attached hydrogens (tertiary/aromatic N) is 3. The second-order valence-electron chi connectivity index (χ2n) is 20.2. The maximum atomic E-state index is 16.4. The van der Waals surface area contributed by atoms with Gasteiger partial charge in [0.1, 0.15) is 23.3 Å². The molecule has 10 rings (SSSR count). The number of carboxylic acid groups (broad SMARTS) is 1. The van der Waals surface area contributed by atoms with E-state index >= 15 is 4.39 Å². The molecular weight excluding hydrogens is 929 g/mol. The lowest BCUT2D eigenvalue weighted by Gasteiger charge is -2.47. The fourth-order valence-corrected chi connectivity index (χ4v) is 13.4. The van der Waals surface area contributed by atoms with Crippen LogP contribution in [0.15, 0.2) is 59.4 Å². The quantitative estimate of drug-likeness (QED) is 0.0800. The van der Waals surface area contributed by atoms with E-state index in [2.05, 4.69) is 21.3 Å². The zero-order valence-electron chi connectivity index (χ0n) is 38.5. The average Bonchev–Trinajstić information content (AvgIpc) is 4.02. The third-order valence-corrected chi connectivity index (χ3v) is 16.8. The molecule has 5 heterocycles. The van der Waals surface area contributed by atoms with Gasteiger partial charge in [-0.2, -0.15) is 0 Å². The highest BCUT2D eigenvalue weighted by molar-refractivity contribution is 6.31. The summed E-state index contributed by atoms with van der Waals surface area (Å²) in [6.07, 6.45) is 8.78. The Bertz CT molecular complexity index is 2780. The Labute approximate surface area is 408 Å². The lowest BCUT2D eigenvalue weighted by molar-refractivity contribution is -0.142. The van der Waals surface area contributed by atoms with Gasteiger partial charge in [0.15, 0.2) is 0 Å². The van der Waals surface area contributed by atoms with Crippen molar-refractivity contribution in [3.05, 3.63) is 97.6 Å². The van der Waals surface area contributed by atoms with Crippen LogP contribution in [0, 0.1) is 11.7 Å². The Morgan fingerprint density at radius 3 is 2.48 bits per heavy atom. The summed E-state index contributed by atoms with van der Waals surface area (Å²) in [6.45, 7) is 1.52. The maximum Gasteiger partial charge on any atom is 0.329 e. The molecule has 0 radical (unpaired) electrons. The highest BCUT2D eigenvalue weighted by Gasteiger charge is 2.72. The van der Waals surface area contributed by atoms with Gasteiger partial charge in [-0.1, -0.05) is 66.7 Å². The third-order valence-electron chi connectivity index (χ3n) is 16.3. The van der Waals surface area contributed by atoms with Gasteiger partial charge in [0.25, 0.3) is 0 Å². The molecule has 3 saturated heterocycles. The summed E-state index contributed by atoms with van der Waals surface area (Å²) in [6, 6.07) is 13.3. The van der Waals surface area contributed by atoms with E-state index in [-0.39, 0.29) is 64.9 Å². The van der Waals surface area contributed by atoms with Crippen LogP contribution in [0.3, 0.4) is 0 Å². The maximum absolute atomic E-state index is 16.4. The van der Waals surface area contributed by atoms with E-state index in [1.165, 1.54) is 15.2 Å². The Hall–Kier alpha value is -5.13. The number of aromatic nitrogens is 2. The summed E-state index contributed by atoms with van der Waals surface area (Å²) < 4.78 is 25.6. The van der Waals surface area contributed by atoms with E-state index in [0.717, 1.165) is 37.7 Å². The number of halogens is 3. The molecule has 18 heteroatoms. The normalized spacial score (nSPS) is 28.9. The number of anilines is 1. The van der Waals surface area contributed by atoms with Crippen molar-refractivity contribution in [3.63, 3.8) is 0 Å². The molecule has 5 N–H and O–H groups in total. The number of carbonyl (C=O) groups excluding carboxylic acids is 4. The summed E-state index contributed by atoms with van der Waals surface area (Å²) in [5.41, 5.74) is 1.33. The van der Waals surface area contributed by atoms with Gasteiger partial charge in [0.05, 0.1) is 28.2 Å². The summed E-state index contributed by atoms with van der Waals surface area (Å²) in [5.74, 6) is -3.62.